The summed E-state index contributed by atoms with van der Waals surface area (Å²) in [5, 5.41) is 0.136. The van der Waals surface area contributed by atoms with Gasteiger partial charge in [-0.25, -0.2) is 0 Å². The van der Waals surface area contributed by atoms with E-state index in [0.29, 0.717) is 50.7 Å². The molecule has 1 aliphatic heterocycles. The molecule has 306 valence electrons. The quantitative estimate of drug-likeness (QED) is 0.166. The van der Waals surface area contributed by atoms with Crippen molar-refractivity contribution in [3.63, 3.8) is 0 Å². The van der Waals surface area contributed by atoms with Gasteiger partial charge in [-0.15, -0.1) is 0 Å². The van der Waals surface area contributed by atoms with Crippen LogP contribution in [0.3, 0.4) is 0 Å². The maximum atomic E-state index is 9.12. The average molecular weight is 842 g/mol. The Labute approximate surface area is 379 Å². The van der Waals surface area contributed by atoms with Crippen LogP contribution in [0.4, 0.5) is 0 Å². The van der Waals surface area contributed by atoms with E-state index in [2.05, 4.69) is 69.4 Å². The standard InChI is InChI=1S/C57H47N3O2Si/c1-8-35-25-28-48-55(62-56-59-46-21-13-14-22-47(46)60(48)56)52(35)43-32-50-49(30-34(43)3)61-54-45(57(4,5)63(50,6)7)27-23-33(2)51(54)36-24-26-40-37-16-9-10-17-38(37)42-20-15-29-58-53(42)41-19-12-11-18-39(41)44(40)31-36/h9-32H,8H2,1-7H3/i2D3,3D3,8D2. The van der Waals surface area contributed by atoms with Crippen molar-refractivity contribution >= 4 is 41.2 Å². The Morgan fingerprint density at radius 1 is 0.667 bits per heavy atom. The van der Waals surface area contributed by atoms with Gasteiger partial charge in [0.05, 0.1) is 30.3 Å². The molecule has 7 aromatic carbocycles. The van der Waals surface area contributed by atoms with Crippen LogP contribution in [0.5, 0.6) is 11.5 Å². The van der Waals surface area contributed by atoms with Crippen LogP contribution in [0.1, 0.15) is 54.0 Å². The molecule has 1 aliphatic carbocycles. The van der Waals surface area contributed by atoms with Crippen molar-refractivity contribution < 1.29 is 20.1 Å². The van der Waals surface area contributed by atoms with Crippen molar-refractivity contribution in [3.05, 3.63) is 168 Å². The summed E-state index contributed by atoms with van der Waals surface area (Å²) in [7, 11) is -2.91. The zero-order valence-corrected chi connectivity index (χ0v) is 36.5. The van der Waals surface area contributed by atoms with E-state index in [0.717, 1.165) is 66.4 Å². The fourth-order valence-electron chi connectivity index (χ4n) is 10.2. The van der Waals surface area contributed by atoms with Crippen molar-refractivity contribution in [1.29, 1.82) is 0 Å². The number of imidazole rings is 1. The Kier molecular flexibility index (Phi) is 6.44. The molecule has 0 saturated carbocycles. The van der Waals surface area contributed by atoms with Gasteiger partial charge in [0.2, 0.25) is 0 Å². The number of oxazole rings is 1. The van der Waals surface area contributed by atoms with Crippen LogP contribution in [-0.2, 0) is 11.4 Å². The molecule has 0 amide bonds. The van der Waals surface area contributed by atoms with Crippen molar-refractivity contribution in [2.45, 2.75) is 59.0 Å². The van der Waals surface area contributed by atoms with Gasteiger partial charge in [0.25, 0.3) is 0 Å². The number of aryl methyl sites for hydroxylation is 3. The maximum Gasteiger partial charge on any atom is 0.307 e. The van der Waals surface area contributed by atoms with Crippen molar-refractivity contribution in [2.75, 3.05) is 0 Å². The molecule has 63 heavy (non-hydrogen) atoms. The van der Waals surface area contributed by atoms with Crippen LogP contribution in [0.2, 0.25) is 13.1 Å². The topological polar surface area (TPSA) is 52.6 Å². The number of benzene rings is 7. The minimum absolute atomic E-state index is 0.0574. The lowest BCUT2D eigenvalue weighted by Crippen LogP contribution is -2.56. The highest BCUT2D eigenvalue weighted by Gasteiger charge is 2.48. The van der Waals surface area contributed by atoms with Crippen LogP contribution in [0.15, 0.2) is 150 Å². The first-order chi connectivity index (χ1) is 33.6. The molecule has 3 aromatic heterocycles. The normalized spacial score (nSPS) is 16.9. The first-order valence-electron chi connectivity index (χ1n) is 25.3. The van der Waals surface area contributed by atoms with Crippen molar-refractivity contribution in [3.8, 4) is 78.4 Å². The van der Waals surface area contributed by atoms with E-state index < -0.39 is 33.2 Å². The SMILES string of the molecule is [2H]C([2H])([2H])c1cc2c(cc1-c1c(C([2H])([2H])C)ccc3c1oc1nc4ccccc4n13)[Si](C)(C)C(C)(C)c1ccc(C([2H])([2H])[2H])c(-c3ccc4c(c3)-c3ccccc3-c3ncccc3-c3ccccc3-4)c1O2. The summed E-state index contributed by atoms with van der Waals surface area (Å²) in [6, 6.07) is 44.8. The second-order valence-electron chi connectivity index (χ2n) is 17.8. The molecule has 0 radical (unpaired) electrons. The van der Waals surface area contributed by atoms with Gasteiger partial charge < -0.3 is 9.15 Å². The van der Waals surface area contributed by atoms with E-state index in [1.165, 1.54) is 6.92 Å². The number of hydrogen-bond donors (Lipinski definition) is 0. The smallest absolute Gasteiger partial charge is 0.307 e. The first-order valence-corrected chi connectivity index (χ1v) is 24.3. The number of ether oxygens (including phenoxy) is 1. The number of hydrogen-bond acceptors (Lipinski definition) is 4. The third kappa shape index (κ3) is 5.28. The number of aromatic nitrogens is 3. The second kappa shape index (κ2) is 13.5. The summed E-state index contributed by atoms with van der Waals surface area (Å²) < 4.78 is 88.3. The number of fused-ring (bicyclic) bond motifs is 15. The highest BCUT2D eigenvalue weighted by Crippen LogP contribution is 2.53. The molecule has 10 aromatic rings. The molecule has 6 heteroatoms. The molecule has 2 aliphatic rings. The number of para-hydroxylation sites is 2. The lowest BCUT2D eigenvalue weighted by molar-refractivity contribution is 0.478. The van der Waals surface area contributed by atoms with Crippen molar-refractivity contribution in [2.24, 2.45) is 0 Å². The molecule has 0 bridgehead atoms. The molecule has 0 fully saturated rings. The third-order valence-electron chi connectivity index (χ3n) is 14.1. The molecule has 0 saturated heterocycles. The fraction of sp³-hybridized carbons (Fsp3) is 0.158. The molecular weight excluding hydrogens is 787 g/mol. The lowest BCUT2D eigenvalue weighted by Gasteiger charge is -2.40. The van der Waals surface area contributed by atoms with Gasteiger partial charge >= 0.3 is 5.84 Å². The Balaban J connectivity index is 1.13. The molecule has 4 heterocycles. The molecule has 0 atom stereocenters. The highest BCUT2D eigenvalue weighted by molar-refractivity contribution is 6.92. The van der Waals surface area contributed by atoms with Gasteiger partial charge in [-0.3, -0.25) is 9.38 Å². The van der Waals surface area contributed by atoms with E-state index in [4.69, 9.17) is 30.1 Å². The van der Waals surface area contributed by atoms with Gasteiger partial charge in [-0.05, 0) is 128 Å². The van der Waals surface area contributed by atoms with Crippen LogP contribution in [0.25, 0.3) is 94.9 Å². The van der Waals surface area contributed by atoms with Gasteiger partial charge in [0.15, 0.2) is 5.58 Å². The van der Waals surface area contributed by atoms with Crippen LogP contribution in [0, 0.1) is 13.7 Å². The number of pyridine rings is 1. The summed E-state index contributed by atoms with van der Waals surface area (Å²) in [5.41, 5.74) is 12.9. The Bertz CT molecular complexity index is 3890. The van der Waals surface area contributed by atoms with Gasteiger partial charge in [0, 0.05) is 39.4 Å². The van der Waals surface area contributed by atoms with Gasteiger partial charge in [0.1, 0.15) is 11.5 Å². The lowest BCUT2D eigenvalue weighted by atomic mass is 9.81. The predicted molar refractivity (Wildman–Crippen MR) is 262 cm³/mol. The molecule has 0 spiro atoms. The summed E-state index contributed by atoms with van der Waals surface area (Å²) >= 11 is 0. The monoisotopic (exact) mass is 841 g/mol. The highest BCUT2D eigenvalue weighted by atomic mass is 28.3. The van der Waals surface area contributed by atoms with E-state index in [9.17, 15) is 0 Å². The van der Waals surface area contributed by atoms with Gasteiger partial charge in [-0.1, -0.05) is 137 Å². The molecular formula is C57H47N3O2Si. The van der Waals surface area contributed by atoms with Crippen LogP contribution < -0.4 is 9.92 Å². The molecule has 0 unspecified atom stereocenters. The summed E-state index contributed by atoms with van der Waals surface area (Å²) in [4.78, 5) is 9.67. The first kappa shape index (κ1) is 30.1. The van der Waals surface area contributed by atoms with E-state index >= 15 is 0 Å². The van der Waals surface area contributed by atoms with Crippen molar-refractivity contribution in [1.82, 2.24) is 14.4 Å². The second-order valence-corrected chi connectivity index (χ2v) is 22.8. The fourth-order valence-corrected chi connectivity index (χ4v) is 13.0. The zero-order valence-electron chi connectivity index (χ0n) is 43.5. The van der Waals surface area contributed by atoms with E-state index in [1.54, 1.807) is 30.5 Å². The molecule has 12 rings (SSSR count). The Hall–Kier alpha value is -7.02. The summed E-state index contributed by atoms with van der Waals surface area (Å²) in [6.45, 7) is 4.93. The maximum absolute atomic E-state index is 9.12. The van der Waals surface area contributed by atoms with E-state index in [1.807, 2.05) is 77.2 Å². The third-order valence-corrected chi connectivity index (χ3v) is 19.3. The molecule has 0 N–H and O–H groups in total. The largest absolute Gasteiger partial charge is 0.457 e. The van der Waals surface area contributed by atoms with Gasteiger partial charge in [-0.2, -0.15) is 4.98 Å². The Morgan fingerprint density at radius 2 is 1.38 bits per heavy atom. The average Bonchev–Trinajstić information content (AvgIpc) is 3.86. The van der Waals surface area contributed by atoms with Crippen LogP contribution >= 0.6 is 0 Å². The number of rotatable bonds is 3. The minimum atomic E-state index is -2.91. The minimum Gasteiger partial charge on any atom is -0.457 e. The van der Waals surface area contributed by atoms with Crippen LogP contribution in [-0.4, -0.2) is 22.4 Å². The predicted octanol–water partition coefficient (Wildman–Crippen LogP) is 14.7. The van der Waals surface area contributed by atoms with E-state index in [-0.39, 0.29) is 16.7 Å². The summed E-state index contributed by atoms with van der Waals surface area (Å²) in [6.07, 6.45) is -0.117. The zero-order chi connectivity index (χ0) is 49.7. The number of nitrogens with zero attached hydrogens (tertiary/aromatic N) is 3. The summed E-state index contributed by atoms with van der Waals surface area (Å²) in [5.74, 6) is 0.968. The molecule has 5 nitrogen and oxygen atoms in total. The Morgan fingerprint density at radius 3 is 2.17 bits per heavy atom.